The van der Waals surface area contributed by atoms with Crippen LogP contribution in [0.15, 0.2) is 54.6 Å². The van der Waals surface area contributed by atoms with Gasteiger partial charge in [-0.15, -0.1) is 0 Å². The van der Waals surface area contributed by atoms with Crippen LogP contribution < -0.4 is 0 Å². The zero-order chi connectivity index (χ0) is 19.3. The summed E-state index contributed by atoms with van der Waals surface area (Å²) in [6, 6.07) is 16.1. The molecule has 142 valence electrons. The Kier molecular flexibility index (Phi) is 10.2. The Morgan fingerprint density at radius 2 is 1.69 bits per heavy atom. The fourth-order valence-electron chi connectivity index (χ4n) is 1.88. The van der Waals surface area contributed by atoms with Gasteiger partial charge in [-0.3, -0.25) is 8.98 Å². The molecule has 0 unspecified atom stereocenters. The first-order valence-corrected chi connectivity index (χ1v) is 9.92. The van der Waals surface area contributed by atoms with Gasteiger partial charge in [0.1, 0.15) is 12.0 Å². The fourth-order valence-corrected chi connectivity index (χ4v) is 2.30. The molecule has 0 spiro atoms. The average Bonchev–Trinajstić information content (AvgIpc) is 2.61. The number of benzene rings is 2. The van der Waals surface area contributed by atoms with Gasteiger partial charge in [0, 0.05) is 12.2 Å². The van der Waals surface area contributed by atoms with Crippen molar-refractivity contribution >= 4 is 16.4 Å². The molecule has 1 N–H and O–H groups in total. The molecule has 0 fully saturated rings. The summed E-state index contributed by atoms with van der Waals surface area (Å²) in [5.74, 6) is 0.125. The maximum atomic E-state index is 10.7. The van der Waals surface area contributed by atoms with Crippen LogP contribution in [0.25, 0.3) is 0 Å². The number of unbranched alkanes of at least 4 members (excludes halogenated alkanes) is 1. The maximum Gasteiger partial charge on any atom is 0.264 e. The van der Waals surface area contributed by atoms with E-state index in [-0.39, 0.29) is 12.4 Å². The number of aldehydes is 1. The summed E-state index contributed by atoms with van der Waals surface area (Å²) in [5.41, 5.74) is 1.63. The highest BCUT2D eigenvalue weighted by molar-refractivity contribution is 7.85. The Hall–Kier alpha value is -2.22. The van der Waals surface area contributed by atoms with Crippen molar-refractivity contribution in [3.8, 4) is 5.75 Å². The molecule has 0 saturated carbocycles. The lowest BCUT2D eigenvalue weighted by Gasteiger charge is -2.04. The molecule has 7 heteroatoms. The van der Waals surface area contributed by atoms with Crippen molar-refractivity contribution < 1.29 is 27.2 Å². The minimum Gasteiger partial charge on any atom is -0.508 e. The van der Waals surface area contributed by atoms with Crippen molar-refractivity contribution in [2.75, 3.05) is 19.5 Å². The van der Waals surface area contributed by atoms with Crippen LogP contribution in [0.1, 0.15) is 28.8 Å². The Bertz CT molecular complexity index is 744. The van der Waals surface area contributed by atoms with Gasteiger partial charge in [-0.2, -0.15) is 8.42 Å². The Morgan fingerprint density at radius 1 is 1.00 bits per heavy atom. The van der Waals surface area contributed by atoms with Crippen molar-refractivity contribution in [2.45, 2.75) is 19.4 Å². The van der Waals surface area contributed by atoms with Crippen LogP contribution in [-0.2, 0) is 25.6 Å². The molecule has 2 aromatic rings. The van der Waals surface area contributed by atoms with Crippen molar-refractivity contribution in [3.05, 3.63) is 65.7 Å². The molecule has 0 amide bonds. The highest BCUT2D eigenvalue weighted by Gasteiger charge is 2.00. The van der Waals surface area contributed by atoms with Gasteiger partial charge in [-0.1, -0.05) is 42.5 Å². The Balaban J connectivity index is 0.000000314. The van der Waals surface area contributed by atoms with E-state index >= 15 is 0 Å². The molecule has 0 bridgehead atoms. The van der Waals surface area contributed by atoms with Gasteiger partial charge < -0.3 is 9.84 Å². The quantitative estimate of drug-likeness (QED) is 0.408. The van der Waals surface area contributed by atoms with Gasteiger partial charge in [-0.25, -0.2) is 0 Å². The summed E-state index contributed by atoms with van der Waals surface area (Å²) in [5, 5.41) is 8.79. The zero-order valence-electron chi connectivity index (χ0n) is 14.7. The molecule has 0 aliphatic rings. The van der Waals surface area contributed by atoms with Crippen molar-refractivity contribution in [1.29, 1.82) is 0 Å². The summed E-state index contributed by atoms with van der Waals surface area (Å²) in [7, 11) is -3.30. The lowest BCUT2D eigenvalue weighted by atomic mass is 10.2. The first-order valence-electron chi connectivity index (χ1n) is 8.11. The van der Waals surface area contributed by atoms with E-state index in [0.717, 1.165) is 18.2 Å². The summed E-state index contributed by atoms with van der Waals surface area (Å²) in [6.07, 6.45) is 3.23. The predicted molar refractivity (Wildman–Crippen MR) is 99.6 cm³/mol. The van der Waals surface area contributed by atoms with Crippen molar-refractivity contribution in [2.24, 2.45) is 0 Å². The summed E-state index contributed by atoms with van der Waals surface area (Å²) >= 11 is 0. The maximum absolute atomic E-state index is 10.7. The molecule has 0 aliphatic heterocycles. The van der Waals surface area contributed by atoms with Crippen LogP contribution in [0.4, 0.5) is 0 Å². The second-order valence-electron chi connectivity index (χ2n) is 5.48. The number of hydrogen-bond donors (Lipinski definition) is 1. The first kappa shape index (κ1) is 21.8. The molecule has 2 aromatic carbocycles. The van der Waals surface area contributed by atoms with E-state index in [1.165, 1.54) is 12.1 Å². The van der Waals surface area contributed by atoms with Crippen molar-refractivity contribution in [3.63, 3.8) is 0 Å². The van der Waals surface area contributed by atoms with Crippen LogP contribution in [0, 0.1) is 0 Å². The summed E-state index contributed by atoms with van der Waals surface area (Å²) in [6.45, 7) is 1.43. The van der Waals surface area contributed by atoms with Crippen LogP contribution >= 0.6 is 0 Å². The van der Waals surface area contributed by atoms with Crippen LogP contribution in [0.5, 0.6) is 5.75 Å². The molecule has 0 atom stereocenters. The lowest BCUT2D eigenvalue weighted by Crippen LogP contribution is -2.05. The van der Waals surface area contributed by atoms with E-state index in [2.05, 4.69) is 4.18 Å². The topological polar surface area (TPSA) is 89.9 Å². The Morgan fingerprint density at radius 3 is 2.27 bits per heavy atom. The smallest absolute Gasteiger partial charge is 0.264 e. The summed E-state index contributed by atoms with van der Waals surface area (Å²) in [4.78, 5) is 10.0. The molecule has 2 rings (SSSR count). The van der Waals surface area contributed by atoms with E-state index in [0.29, 0.717) is 31.5 Å². The molecule has 0 radical (unpaired) electrons. The molecule has 6 nitrogen and oxygen atoms in total. The number of hydrogen-bond acceptors (Lipinski definition) is 6. The van der Waals surface area contributed by atoms with Crippen LogP contribution in [0.2, 0.25) is 0 Å². The third-order valence-electron chi connectivity index (χ3n) is 3.10. The number of carbonyl (C=O) groups is 1. The highest BCUT2D eigenvalue weighted by atomic mass is 32.2. The predicted octanol–water partition coefficient (Wildman–Crippen LogP) is 3.16. The van der Waals surface area contributed by atoms with Crippen molar-refractivity contribution in [1.82, 2.24) is 0 Å². The first-order chi connectivity index (χ1) is 12.4. The zero-order valence-corrected chi connectivity index (χ0v) is 15.5. The van der Waals surface area contributed by atoms with E-state index in [4.69, 9.17) is 9.84 Å². The van der Waals surface area contributed by atoms with Gasteiger partial charge >= 0.3 is 0 Å². The molecule has 0 heterocycles. The summed E-state index contributed by atoms with van der Waals surface area (Å²) < 4.78 is 31.4. The van der Waals surface area contributed by atoms with Gasteiger partial charge in [0.15, 0.2) is 0 Å². The Labute approximate surface area is 154 Å². The molecule has 0 aromatic heterocycles. The van der Waals surface area contributed by atoms with Gasteiger partial charge in [-0.05, 0) is 30.5 Å². The molecular formula is C19H24O6S. The SMILES string of the molecule is CS(=O)(=O)OCCCCOCc1ccccc1.O=Cc1cccc(O)c1. The minimum absolute atomic E-state index is 0.125. The number of carbonyl (C=O) groups excluding carboxylic acids is 1. The van der Waals surface area contributed by atoms with Crippen LogP contribution in [-0.4, -0.2) is 39.3 Å². The van der Waals surface area contributed by atoms with Gasteiger partial charge in [0.05, 0.1) is 19.5 Å². The van der Waals surface area contributed by atoms with E-state index < -0.39 is 10.1 Å². The van der Waals surface area contributed by atoms with Gasteiger partial charge in [0.2, 0.25) is 0 Å². The van der Waals surface area contributed by atoms with E-state index in [1.54, 1.807) is 12.1 Å². The minimum atomic E-state index is -3.30. The molecule has 0 aliphatic carbocycles. The lowest BCUT2D eigenvalue weighted by molar-refractivity contribution is 0.112. The van der Waals surface area contributed by atoms with E-state index in [1.807, 2.05) is 30.3 Å². The normalized spacial score (nSPS) is 10.7. The third kappa shape index (κ3) is 11.4. The number of aromatic hydroxyl groups is 1. The van der Waals surface area contributed by atoms with Crippen LogP contribution in [0.3, 0.4) is 0 Å². The molecular weight excluding hydrogens is 356 g/mol. The standard InChI is InChI=1S/C12H18O4S.C7H6O2/c1-17(13,14)16-10-6-5-9-15-11-12-7-3-2-4-8-12;8-5-6-2-1-3-7(9)4-6/h2-4,7-8H,5-6,9-11H2,1H3;1-5,9H. The van der Waals surface area contributed by atoms with Gasteiger partial charge in [0.25, 0.3) is 10.1 Å². The number of phenols is 1. The number of rotatable bonds is 9. The highest BCUT2D eigenvalue weighted by Crippen LogP contribution is 2.08. The van der Waals surface area contributed by atoms with E-state index in [9.17, 15) is 13.2 Å². The number of phenolic OH excluding ortho intramolecular Hbond substituents is 1. The largest absolute Gasteiger partial charge is 0.508 e. The average molecular weight is 380 g/mol. The second kappa shape index (κ2) is 12.2. The fraction of sp³-hybridized carbons (Fsp3) is 0.316. The number of ether oxygens (including phenoxy) is 1. The molecule has 26 heavy (non-hydrogen) atoms. The second-order valence-corrected chi connectivity index (χ2v) is 7.13. The monoisotopic (exact) mass is 380 g/mol. The third-order valence-corrected chi connectivity index (χ3v) is 3.69. The molecule has 0 saturated heterocycles.